The van der Waals surface area contributed by atoms with Gasteiger partial charge >= 0.3 is 0 Å². The number of fused-ring (bicyclic) bond motifs is 1. The molecule has 0 spiro atoms. The molecule has 0 bridgehead atoms. The topological polar surface area (TPSA) is 71.4 Å². The number of halogens is 1. The number of aryl methyl sites for hydroxylation is 1. The van der Waals surface area contributed by atoms with Crippen LogP contribution in [0.15, 0.2) is 59.6 Å². The number of carbonyl (C=O) groups is 1. The van der Waals surface area contributed by atoms with Crippen molar-refractivity contribution in [1.29, 1.82) is 0 Å². The summed E-state index contributed by atoms with van der Waals surface area (Å²) in [6.07, 6.45) is 3.24. The normalized spacial score (nSPS) is 17.9. The summed E-state index contributed by atoms with van der Waals surface area (Å²) in [4.78, 5) is 12.9. The molecule has 1 atom stereocenters. The highest BCUT2D eigenvalue weighted by Gasteiger charge is 2.33. The summed E-state index contributed by atoms with van der Waals surface area (Å²) in [7, 11) is -1.73. The second-order valence-electron chi connectivity index (χ2n) is 7.69. The summed E-state index contributed by atoms with van der Waals surface area (Å²) >= 11 is 5.89. The molecule has 0 unspecified atom stereocenters. The van der Waals surface area contributed by atoms with Gasteiger partial charge in [0.15, 0.2) is 0 Å². The van der Waals surface area contributed by atoms with Gasteiger partial charge in [0, 0.05) is 48.8 Å². The van der Waals surface area contributed by atoms with E-state index in [4.69, 9.17) is 11.6 Å². The molecule has 6 nitrogen and oxygen atoms in total. The van der Waals surface area contributed by atoms with Crippen molar-refractivity contribution >= 4 is 38.4 Å². The Kier molecular flexibility index (Phi) is 5.86. The third-order valence-corrected chi connectivity index (χ3v) is 7.74. The average Bonchev–Trinajstić information content (AvgIpc) is 3.13. The Morgan fingerprint density at radius 3 is 2.70 bits per heavy atom. The lowest BCUT2D eigenvalue weighted by molar-refractivity contribution is -0.126. The Morgan fingerprint density at radius 1 is 1.17 bits per heavy atom. The lowest BCUT2D eigenvalue weighted by Crippen LogP contribution is -2.45. The van der Waals surface area contributed by atoms with Crippen molar-refractivity contribution in [1.82, 2.24) is 14.2 Å². The third kappa shape index (κ3) is 4.24. The Labute approximate surface area is 181 Å². The molecule has 8 heteroatoms. The fourth-order valence-electron chi connectivity index (χ4n) is 3.88. The van der Waals surface area contributed by atoms with Gasteiger partial charge in [-0.15, -0.1) is 0 Å². The number of rotatable bonds is 5. The minimum atomic E-state index is -3.65. The minimum absolute atomic E-state index is 0.122. The predicted octanol–water partition coefficient (Wildman–Crippen LogP) is 3.55. The number of sulfonamides is 1. The molecule has 0 aliphatic carbocycles. The van der Waals surface area contributed by atoms with Crippen LogP contribution in [0.4, 0.5) is 0 Å². The van der Waals surface area contributed by atoms with Crippen LogP contribution in [-0.4, -0.2) is 36.3 Å². The van der Waals surface area contributed by atoms with Crippen LogP contribution in [0.25, 0.3) is 10.9 Å². The Bertz CT molecular complexity index is 1170. The van der Waals surface area contributed by atoms with Gasteiger partial charge < -0.3 is 9.88 Å². The first kappa shape index (κ1) is 20.9. The third-order valence-electron chi connectivity index (χ3n) is 5.63. The summed E-state index contributed by atoms with van der Waals surface area (Å²) in [6.45, 7) is 1.02. The summed E-state index contributed by atoms with van der Waals surface area (Å²) < 4.78 is 29.8. The van der Waals surface area contributed by atoms with Gasteiger partial charge in [-0.25, -0.2) is 8.42 Å². The van der Waals surface area contributed by atoms with Crippen LogP contribution < -0.4 is 5.32 Å². The Morgan fingerprint density at radius 2 is 1.93 bits per heavy atom. The number of carbonyl (C=O) groups excluding carboxylic acids is 1. The second-order valence-corrected chi connectivity index (χ2v) is 10.1. The fourth-order valence-corrected chi connectivity index (χ4v) is 5.57. The number of piperidine rings is 1. The van der Waals surface area contributed by atoms with E-state index in [2.05, 4.69) is 5.32 Å². The van der Waals surface area contributed by atoms with Crippen LogP contribution in [0.3, 0.4) is 0 Å². The highest BCUT2D eigenvalue weighted by Crippen LogP contribution is 2.26. The molecule has 1 fully saturated rings. The van der Waals surface area contributed by atoms with Crippen molar-refractivity contribution in [3.8, 4) is 0 Å². The number of nitrogens with one attached hydrogen (secondary N) is 1. The van der Waals surface area contributed by atoms with Gasteiger partial charge in [-0.05, 0) is 54.8 Å². The smallest absolute Gasteiger partial charge is 0.243 e. The van der Waals surface area contributed by atoms with Crippen LogP contribution in [0.5, 0.6) is 0 Å². The summed E-state index contributed by atoms with van der Waals surface area (Å²) in [5.41, 5.74) is 1.93. The van der Waals surface area contributed by atoms with Crippen LogP contribution >= 0.6 is 11.6 Å². The van der Waals surface area contributed by atoms with Crippen molar-refractivity contribution in [2.24, 2.45) is 13.0 Å². The van der Waals surface area contributed by atoms with E-state index in [9.17, 15) is 13.2 Å². The number of amides is 1. The maximum atomic E-state index is 13.2. The largest absolute Gasteiger partial charge is 0.352 e. The number of benzene rings is 2. The van der Waals surface area contributed by atoms with E-state index in [1.807, 2.05) is 42.1 Å². The predicted molar refractivity (Wildman–Crippen MR) is 118 cm³/mol. The van der Waals surface area contributed by atoms with Crippen molar-refractivity contribution in [2.45, 2.75) is 24.3 Å². The zero-order chi connectivity index (χ0) is 21.3. The zero-order valence-corrected chi connectivity index (χ0v) is 18.3. The van der Waals surface area contributed by atoms with Gasteiger partial charge in [0.2, 0.25) is 15.9 Å². The van der Waals surface area contributed by atoms with Crippen molar-refractivity contribution < 1.29 is 13.2 Å². The lowest BCUT2D eigenvalue weighted by Gasteiger charge is -2.31. The molecule has 2 aromatic carbocycles. The van der Waals surface area contributed by atoms with Crippen molar-refractivity contribution in [2.75, 3.05) is 13.1 Å². The van der Waals surface area contributed by atoms with Crippen LogP contribution in [0.1, 0.15) is 18.4 Å². The quantitative estimate of drug-likeness (QED) is 0.652. The van der Waals surface area contributed by atoms with Gasteiger partial charge in [0.1, 0.15) is 0 Å². The van der Waals surface area contributed by atoms with Gasteiger partial charge in [0.05, 0.1) is 10.8 Å². The number of hydrogen-bond acceptors (Lipinski definition) is 3. The van der Waals surface area contributed by atoms with E-state index >= 15 is 0 Å². The van der Waals surface area contributed by atoms with E-state index in [1.165, 1.54) is 4.31 Å². The molecule has 158 valence electrons. The molecular weight excluding hydrogens is 422 g/mol. The maximum Gasteiger partial charge on any atom is 0.243 e. The maximum absolute atomic E-state index is 13.2. The van der Waals surface area contributed by atoms with Crippen molar-refractivity contribution in [3.63, 3.8) is 0 Å². The standard InChI is InChI=1S/C22H24ClN3O3S/c1-25-12-10-17-13-20(8-9-21(17)25)30(28,29)26-11-2-3-18(15-26)22(27)24-14-16-4-6-19(23)7-5-16/h4-10,12-13,18H,2-3,11,14-15H2,1H3,(H,24,27)/t18-/m1/s1. The summed E-state index contributed by atoms with van der Waals surface area (Å²) in [5.74, 6) is -0.482. The average molecular weight is 446 g/mol. The van der Waals surface area contributed by atoms with E-state index in [-0.39, 0.29) is 23.3 Å². The van der Waals surface area contributed by atoms with Crippen LogP contribution in [0, 0.1) is 5.92 Å². The van der Waals surface area contributed by atoms with Gasteiger partial charge in [-0.2, -0.15) is 4.31 Å². The highest BCUT2D eigenvalue weighted by atomic mass is 35.5. The van der Waals surface area contributed by atoms with E-state index in [1.54, 1.807) is 24.3 Å². The molecule has 4 rings (SSSR count). The fraction of sp³-hybridized carbons (Fsp3) is 0.318. The molecule has 30 heavy (non-hydrogen) atoms. The van der Waals surface area contributed by atoms with E-state index < -0.39 is 10.0 Å². The summed E-state index contributed by atoms with van der Waals surface area (Å²) in [5, 5.41) is 4.45. The molecule has 1 N–H and O–H groups in total. The minimum Gasteiger partial charge on any atom is -0.352 e. The molecular formula is C22H24ClN3O3S. The zero-order valence-electron chi connectivity index (χ0n) is 16.7. The first-order valence-electron chi connectivity index (χ1n) is 9.92. The molecule has 1 aromatic heterocycles. The molecule has 3 aromatic rings. The molecule has 0 saturated carbocycles. The molecule has 0 radical (unpaired) electrons. The van der Waals surface area contributed by atoms with Crippen molar-refractivity contribution in [3.05, 3.63) is 65.3 Å². The Hall–Kier alpha value is -2.35. The monoisotopic (exact) mass is 445 g/mol. The highest BCUT2D eigenvalue weighted by molar-refractivity contribution is 7.89. The number of nitrogens with zero attached hydrogens (tertiary/aromatic N) is 2. The molecule has 2 heterocycles. The van der Waals surface area contributed by atoms with Gasteiger partial charge in [0.25, 0.3) is 0 Å². The lowest BCUT2D eigenvalue weighted by atomic mass is 9.99. The molecule has 1 saturated heterocycles. The number of aromatic nitrogens is 1. The van der Waals surface area contributed by atoms with Gasteiger partial charge in [-0.3, -0.25) is 4.79 Å². The molecule has 1 amide bonds. The Balaban J connectivity index is 1.45. The molecule has 1 aliphatic rings. The molecule has 1 aliphatic heterocycles. The number of hydrogen-bond donors (Lipinski definition) is 1. The van der Waals surface area contributed by atoms with E-state index in [0.717, 1.165) is 16.5 Å². The van der Waals surface area contributed by atoms with Crippen LogP contribution in [-0.2, 0) is 28.4 Å². The van der Waals surface area contributed by atoms with E-state index in [0.29, 0.717) is 31.0 Å². The first-order valence-corrected chi connectivity index (χ1v) is 11.7. The second kappa shape index (κ2) is 8.41. The summed E-state index contributed by atoms with van der Waals surface area (Å²) in [6, 6.07) is 14.3. The van der Waals surface area contributed by atoms with Crippen LogP contribution in [0.2, 0.25) is 5.02 Å². The van der Waals surface area contributed by atoms with Gasteiger partial charge in [-0.1, -0.05) is 23.7 Å². The first-order chi connectivity index (χ1) is 14.3. The SMILES string of the molecule is Cn1ccc2cc(S(=O)(=O)N3CCC[C@@H](C(=O)NCc4ccc(Cl)cc4)C3)ccc21.